The quantitative estimate of drug-likeness (QED) is 0.111. The van der Waals surface area contributed by atoms with Gasteiger partial charge in [-0.25, -0.2) is 18.7 Å². The average Bonchev–Trinajstić information content (AvgIpc) is 3.27. The predicted octanol–water partition coefficient (Wildman–Crippen LogP) is 1.07. The highest BCUT2D eigenvalue weighted by atomic mass is 33.1. The Balaban J connectivity index is 1.78. The van der Waals surface area contributed by atoms with E-state index in [4.69, 9.17) is 29.5 Å². The van der Waals surface area contributed by atoms with Gasteiger partial charge >= 0.3 is 23.5 Å². The lowest BCUT2D eigenvalue weighted by atomic mass is 10.2. The fourth-order valence-electron chi connectivity index (χ4n) is 3.19. The van der Waals surface area contributed by atoms with Crippen LogP contribution in [0.25, 0.3) is 11.2 Å². The molecule has 0 bridgehead atoms. The van der Waals surface area contributed by atoms with Crippen LogP contribution >= 0.6 is 45.1 Å². The van der Waals surface area contributed by atoms with Crippen molar-refractivity contribution in [3.05, 3.63) is 16.7 Å². The summed E-state index contributed by atoms with van der Waals surface area (Å²) in [5, 5.41) is 0. The molecule has 1 saturated heterocycles. The number of nitrogens with one attached hydrogen (secondary N) is 1. The van der Waals surface area contributed by atoms with Crippen LogP contribution in [0.3, 0.4) is 0 Å². The van der Waals surface area contributed by atoms with Crippen molar-refractivity contribution in [2.75, 3.05) is 18.6 Å². The highest BCUT2D eigenvalue weighted by Gasteiger charge is 2.44. The summed E-state index contributed by atoms with van der Waals surface area (Å²) in [6.45, 7) is 1.03. The zero-order valence-corrected chi connectivity index (χ0v) is 22.7. The molecule has 6 atom stereocenters. The summed E-state index contributed by atoms with van der Waals surface area (Å²) in [5.41, 5.74) is 4.78. The lowest BCUT2D eigenvalue weighted by molar-refractivity contribution is -0.0617. The van der Waals surface area contributed by atoms with E-state index in [0.717, 1.165) is 0 Å². The van der Waals surface area contributed by atoms with Crippen LogP contribution in [0.15, 0.2) is 11.1 Å². The number of anilines is 1. The maximum Gasteiger partial charge on any atom is 0.490 e. The van der Waals surface area contributed by atoms with Crippen molar-refractivity contribution in [3.63, 3.8) is 0 Å². The first-order valence-electron chi connectivity index (χ1n) is 9.60. The number of hydrogen-bond donors (Lipinski definition) is 6. The molecule has 1 fully saturated rings. The van der Waals surface area contributed by atoms with E-state index in [-0.39, 0.29) is 29.0 Å². The van der Waals surface area contributed by atoms with Crippen LogP contribution in [-0.2, 0) is 36.3 Å². The van der Waals surface area contributed by atoms with Gasteiger partial charge in [0.15, 0.2) is 11.2 Å². The third-order valence-corrected chi connectivity index (χ3v) is 10.1. The van der Waals surface area contributed by atoms with Crippen molar-refractivity contribution in [1.29, 1.82) is 0 Å². The Hall–Kier alpha value is -0.820. The average molecular weight is 613 g/mol. The number of ether oxygens (including phenoxy) is 2. The van der Waals surface area contributed by atoms with Gasteiger partial charge in [0, 0.05) is 6.42 Å². The molecule has 3 unspecified atom stereocenters. The smallest absolute Gasteiger partial charge is 0.369 e. The molecular weight excluding hydrogens is 591 g/mol. The molecule has 1 aliphatic rings. The van der Waals surface area contributed by atoms with Crippen LogP contribution in [-0.4, -0.2) is 69.6 Å². The summed E-state index contributed by atoms with van der Waals surface area (Å²) >= 11 is 0. The minimum absolute atomic E-state index is 0.00621. The van der Waals surface area contributed by atoms with Gasteiger partial charge < -0.3 is 34.8 Å². The van der Waals surface area contributed by atoms with Crippen molar-refractivity contribution in [3.8, 4) is 0 Å². The molecule has 7 N–H and O–H groups in total. The molecule has 0 saturated carbocycles. The summed E-state index contributed by atoms with van der Waals surface area (Å²) in [4.78, 5) is 58.8. The fraction of sp³-hybridized carbons (Fsp3) is 0.615. The van der Waals surface area contributed by atoms with Crippen molar-refractivity contribution in [1.82, 2.24) is 19.5 Å². The number of nitrogen functional groups attached to an aromatic ring is 1. The van der Waals surface area contributed by atoms with Gasteiger partial charge in [0.2, 0.25) is 5.95 Å². The summed E-state index contributed by atoms with van der Waals surface area (Å²) in [6.07, 6.45) is 0.615. The second-order valence-corrected chi connectivity index (χ2v) is 14.2. The molecular formula is C13H22N5O13P3S2. The molecule has 18 nitrogen and oxygen atoms in total. The monoisotopic (exact) mass is 613 g/mol. The Morgan fingerprint density at radius 3 is 2.61 bits per heavy atom. The van der Waals surface area contributed by atoms with E-state index in [1.54, 1.807) is 6.92 Å². The largest absolute Gasteiger partial charge is 0.490 e. The van der Waals surface area contributed by atoms with Gasteiger partial charge in [0.1, 0.15) is 17.8 Å². The lowest BCUT2D eigenvalue weighted by Crippen LogP contribution is -2.30. The Kier molecular flexibility index (Phi) is 9.51. The van der Waals surface area contributed by atoms with Crippen molar-refractivity contribution in [2.45, 2.75) is 37.2 Å². The Morgan fingerprint density at radius 2 is 1.97 bits per heavy atom. The van der Waals surface area contributed by atoms with Crippen molar-refractivity contribution < 1.29 is 55.9 Å². The standard InChI is InChI=1S/C13H22N5O13P3S2/c1-6(36-35-2)28-7-3-9(18-5-15-10-11(18)16-13(14)17-12(10)19)29-8(7)4-27-33(23,24)31-34(25,26)30-32(20,21)22/h5-9H,3-4H2,1-2H3,(H,23,24)(H,25,26)(H2,20,21,22)(H3,14,16,17,19)/t6-,7-,8?,9-/m1/s1. The van der Waals surface area contributed by atoms with Gasteiger partial charge in [0.25, 0.3) is 5.56 Å². The van der Waals surface area contributed by atoms with Gasteiger partial charge in [-0.05, 0) is 13.2 Å². The van der Waals surface area contributed by atoms with Crippen LogP contribution in [0.1, 0.15) is 19.6 Å². The van der Waals surface area contributed by atoms with Gasteiger partial charge in [0.05, 0.1) is 19.0 Å². The molecule has 0 amide bonds. The second kappa shape index (κ2) is 11.5. The highest BCUT2D eigenvalue weighted by molar-refractivity contribution is 8.76. The molecule has 23 heteroatoms. The topological polar surface area (TPSA) is 268 Å². The fourth-order valence-corrected chi connectivity index (χ4v) is 7.63. The first-order valence-corrected chi connectivity index (χ1v) is 16.7. The van der Waals surface area contributed by atoms with E-state index in [1.165, 1.54) is 32.5 Å². The number of rotatable bonds is 12. The Morgan fingerprint density at radius 1 is 1.28 bits per heavy atom. The van der Waals surface area contributed by atoms with Crippen LogP contribution in [0.4, 0.5) is 5.95 Å². The molecule has 0 aliphatic carbocycles. The number of hydrogen-bond acceptors (Lipinski definition) is 14. The molecule has 1 aliphatic heterocycles. The number of imidazole rings is 1. The third-order valence-electron chi connectivity index (χ3n) is 4.36. The molecule has 0 aromatic carbocycles. The number of aromatic amines is 1. The Bertz CT molecular complexity index is 1290. The van der Waals surface area contributed by atoms with E-state index in [2.05, 4.69) is 23.6 Å². The van der Waals surface area contributed by atoms with Crippen molar-refractivity contribution in [2.24, 2.45) is 0 Å². The van der Waals surface area contributed by atoms with Crippen molar-refractivity contribution >= 4 is 62.2 Å². The second-order valence-electron chi connectivity index (χ2n) is 7.03. The van der Waals surface area contributed by atoms with E-state index in [1.807, 2.05) is 6.26 Å². The van der Waals surface area contributed by atoms with Gasteiger partial charge in [-0.3, -0.25) is 18.9 Å². The summed E-state index contributed by atoms with van der Waals surface area (Å²) in [6, 6.07) is 0. The molecule has 3 rings (SSSR count). The molecule has 0 radical (unpaired) electrons. The number of aromatic nitrogens is 4. The minimum atomic E-state index is -5.68. The number of fused-ring (bicyclic) bond motifs is 1. The highest BCUT2D eigenvalue weighted by Crippen LogP contribution is 2.66. The number of nitrogens with two attached hydrogens (primary N) is 1. The van der Waals surface area contributed by atoms with E-state index in [9.17, 15) is 28.3 Å². The normalized spacial score (nSPS) is 25.0. The molecule has 2 aromatic heterocycles. The zero-order valence-electron chi connectivity index (χ0n) is 18.3. The molecule has 2 aromatic rings. The molecule has 0 spiro atoms. The number of nitrogens with zero attached hydrogens (tertiary/aromatic N) is 3. The van der Waals surface area contributed by atoms with Crippen LogP contribution in [0.5, 0.6) is 0 Å². The van der Waals surface area contributed by atoms with E-state index >= 15 is 0 Å². The van der Waals surface area contributed by atoms with Crippen LogP contribution < -0.4 is 11.3 Å². The minimum Gasteiger partial charge on any atom is -0.369 e. The SMILES string of the molecule is CSS[C@H](C)O[C@@H]1C[C@H](n2cnc3c(=O)[nH]c(N)nc32)OC1COP(=O)(O)OP(=O)(O)OP(=O)(O)O. The number of H-pyrrole nitrogens is 1. The Labute approximate surface area is 210 Å². The summed E-state index contributed by atoms with van der Waals surface area (Å²) < 4.78 is 59.8. The molecule has 204 valence electrons. The van der Waals surface area contributed by atoms with E-state index < -0.39 is 54.1 Å². The first-order chi connectivity index (χ1) is 16.6. The zero-order chi connectivity index (χ0) is 26.9. The maximum absolute atomic E-state index is 12.1. The summed E-state index contributed by atoms with van der Waals surface area (Å²) in [7, 11) is -13.8. The number of phosphoric ester groups is 1. The van der Waals surface area contributed by atoms with Gasteiger partial charge in [-0.2, -0.15) is 13.6 Å². The molecule has 3 heterocycles. The van der Waals surface area contributed by atoms with Crippen LogP contribution in [0.2, 0.25) is 0 Å². The number of phosphoric acid groups is 3. The van der Waals surface area contributed by atoms with Crippen LogP contribution in [0, 0.1) is 0 Å². The van der Waals surface area contributed by atoms with Gasteiger partial charge in [-0.15, -0.1) is 0 Å². The lowest BCUT2D eigenvalue weighted by Gasteiger charge is -2.23. The third kappa shape index (κ3) is 8.09. The van der Waals surface area contributed by atoms with E-state index in [0.29, 0.717) is 0 Å². The maximum atomic E-state index is 12.1. The van der Waals surface area contributed by atoms with Gasteiger partial charge in [-0.1, -0.05) is 21.6 Å². The first kappa shape index (κ1) is 29.7. The predicted molar refractivity (Wildman–Crippen MR) is 126 cm³/mol. The molecule has 36 heavy (non-hydrogen) atoms. The summed E-state index contributed by atoms with van der Waals surface area (Å²) in [5.74, 6) is -0.158.